The van der Waals surface area contributed by atoms with Crippen molar-refractivity contribution >= 4 is 5.91 Å². The quantitative estimate of drug-likeness (QED) is 0.709. The second kappa shape index (κ2) is 6.41. The van der Waals surface area contributed by atoms with Crippen LogP contribution in [0.4, 0.5) is 13.2 Å². The Morgan fingerprint density at radius 1 is 1.44 bits per heavy atom. The minimum atomic E-state index is -4.39. The van der Waals surface area contributed by atoms with Gasteiger partial charge >= 0.3 is 6.18 Å². The maximum absolute atomic E-state index is 12.0. The summed E-state index contributed by atoms with van der Waals surface area (Å²) in [6.07, 6.45) is -2.42. The van der Waals surface area contributed by atoms with Crippen molar-refractivity contribution < 1.29 is 22.7 Å². The Labute approximate surface area is 105 Å². The predicted octanol–water partition coefficient (Wildman–Crippen LogP) is 2.60. The van der Waals surface area contributed by atoms with Gasteiger partial charge in [-0.3, -0.25) is 4.79 Å². The van der Waals surface area contributed by atoms with Gasteiger partial charge < -0.3 is 9.64 Å². The van der Waals surface area contributed by atoms with Gasteiger partial charge in [-0.15, -0.1) is 0 Å². The van der Waals surface area contributed by atoms with E-state index >= 15 is 0 Å². The minimum absolute atomic E-state index is 0.340. The number of ether oxygens (including phenoxy) is 1. The first kappa shape index (κ1) is 15.3. The molecule has 0 saturated heterocycles. The third-order valence-electron chi connectivity index (χ3n) is 2.83. The van der Waals surface area contributed by atoms with Gasteiger partial charge in [0.05, 0.1) is 0 Å². The SMILES string of the molecule is CCCN(CC1CC1)C(=O)C(C)OCC(F)(F)F. The summed E-state index contributed by atoms with van der Waals surface area (Å²) in [5.41, 5.74) is 0. The molecule has 1 aliphatic carbocycles. The fraction of sp³-hybridized carbons (Fsp3) is 0.917. The van der Waals surface area contributed by atoms with E-state index in [9.17, 15) is 18.0 Å². The van der Waals surface area contributed by atoms with E-state index in [1.807, 2.05) is 6.92 Å². The van der Waals surface area contributed by atoms with Crippen LogP contribution >= 0.6 is 0 Å². The lowest BCUT2D eigenvalue weighted by Gasteiger charge is -2.25. The summed E-state index contributed by atoms with van der Waals surface area (Å²) in [6.45, 7) is 3.17. The second-order valence-electron chi connectivity index (χ2n) is 4.80. The van der Waals surface area contributed by atoms with Crippen molar-refractivity contribution in [1.29, 1.82) is 0 Å². The monoisotopic (exact) mass is 267 g/mol. The van der Waals surface area contributed by atoms with E-state index < -0.39 is 18.9 Å². The molecule has 0 aliphatic heterocycles. The molecule has 0 spiro atoms. The number of halogens is 3. The molecule has 3 nitrogen and oxygen atoms in total. The van der Waals surface area contributed by atoms with E-state index in [1.54, 1.807) is 4.90 Å². The van der Waals surface area contributed by atoms with Crippen molar-refractivity contribution in [2.45, 2.75) is 45.4 Å². The van der Waals surface area contributed by atoms with E-state index in [1.165, 1.54) is 6.92 Å². The van der Waals surface area contributed by atoms with Gasteiger partial charge in [0, 0.05) is 13.1 Å². The summed E-state index contributed by atoms with van der Waals surface area (Å²) in [6, 6.07) is 0. The molecule has 1 fully saturated rings. The first-order valence-corrected chi connectivity index (χ1v) is 6.30. The molecule has 0 heterocycles. The van der Waals surface area contributed by atoms with Crippen molar-refractivity contribution in [3.8, 4) is 0 Å². The number of rotatable bonds is 7. The largest absolute Gasteiger partial charge is 0.411 e. The molecule has 0 bridgehead atoms. The average Bonchev–Trinajstić information content (AvgIpc) is 3.07. The van der Waals surface area contributed by atoms with Crippen LogP contribution in [-0.2, 0) is 9.53 Å². The Morgan fingerprint density at radius 2 is 2.06 bits per heavy atom. The lowest BCUT2D eigenvalue weighted by Crippen LogP contribution is -2.41. The fourth-order valence-corrected chi connectivity index (χ4v) is 1.72. The number of amides is 1. The van der Waals surface area contributed by atoms with E-state index in [2.05, 4.69) is 4.74 Å². The van der Waals surface area contributed by atoms with Gasteiger partial charge in [-0.2, -0.15) is 13.2 Å². The summed E-state index contributed by atoms with van der Waals surface area (Å²) in [4.78, 5) is 13.6. The average molecular weight is 267 g/mol. The number of nitrogens with zero attached hydrogens (tertiary/aromatic N) is 1. The van der Waals surface area contributed by atoms with Gasteiger partial charge in [0.1, 0.15) is 12.7 Å². The molecule has 1 saturated carbocycles. The summed E-state index contributed by atoms with van der Waals surface area (Å²) in [5, 5.41) is 0. The molecule has 0 N–H and O–H groups in total. The van der Waals surface area contributed by atoms with Gasteiger partial charge in [0.2, 0.25) is 0 Å². The van der Waals surface area contributed by atoms with E-state index in [0.29, 0.717) is 19.0 Å². The number of carbonyl (C=O) groups is 1. The Bertz CT molecular complexity index is 277. The Kier molecular flexibility index (Phi) is 5.44. The van der Waals surface area contributed by atoms with E-state index in [-0.39, 0.29) is 5.91 Å². The van der Waals surface area contributed by atoms with Crippen molar-refractivity contribution in [3.05, 3.63) is 0 Å². The molecular formula is C12H20F3NO2. The maximum atomic E-state index is 12.0. The highest BCUT2D eigenvalue weighted by Gasteiger charge is 2.32. The molecule has 0 radical (unpaired) electrons. The normalized spacial score (nSPS) is 17.6. The van der Waals surface area contributed by atoms with Crippen LogP contribution in [0, 0.1) is 5.92 Å². The third kappa shape index (κ3) is 5.71. The number of carbonyl (C=O) groups excluding carboxylic acids is 1. The van der Waals surface area contributed by atoms with Crippen LogP contribution in [0.5, 0.6) is 0 Å². The molecule has 6 heteroatoms. The zero-order chi connectivity index (χ0) is 13.8. The fourth-order valence-electron chi connectivity index (χ4n) is 1.72. The Hall–Kier alpha value is -0.780. The number of hydrogen-bond acceptors (Lipinski definition) is 2. The highest BCUT2D eigenvalue weighted by atomic mass is 19.4. The molecule has 0 aromatic heterocycles. The molecule has 1 aliphatic rings. The topological polar surface area (TPSA) is 29.5 Å². The first-order valence-electron chi connectivity index (χ1n) is 6.30. The van der Waals surface area contributed by atoms with Crippen molar-refractivity contribution in [1.82, 2.24) is 4.90 Å². The van der Waals surface area contributed by atoms with Crippen LogP contribution < -0.4 is 0 Å². The summed E-state index contributed by atoms with van der Waals surface area (Å²) in [5.74, 6) is 0.184. The van der Waals surface area contributed by atoms with Crippen molar-refractivity contribution in [2.75, 3.05) is 19.7 Å². The third-order valence-corrected chi connectivity index (χ3v) is 2.83. The summed E-state index contributed by atoms with van der Waals surface area (Å²) >= 11 is 0. The zero-order valence-corrected chi connectivity index (χ0v) is 10.8. The van der Waals surface area contributed by atoms with Crippen LogP contribution in [0.3, 0.4) is 0 Å². The van der Waals surface area contributed by atoms with Crippen LogP contribution in [0.1, 0.15) is 33.1 Å². The molecule has 106 valence electrons. The van der Waals surface area contributed by atoms with Gasteiger partial charge in [0.25, 0.3) is 5.91 Å². The van der Waals surface area contributed by atoms with Gasteiger partial charge in [0.15, 0.2) is 0 Å². The Balaban J connectivity index is 2.41. The minimum Gasteiger partial charge on any atom is -0.359 e. The van der Waals surface area contributed by atoms with Crippen LogP contribution in [0.25, 0.3) is 0 Å². The summed E-state index contributed by atoms with van der Waals surface area (Å²) in [7, 11) is 0. The second-order valence-corrected chi connectivity index (χ2v) is 4.80. The van der Waals surface area contributed by atoms with Gasteiger partial charge in [-0.25, -0.2) is 0 Å². The molecular weight excluding hydrogens is 247 g/mol. The summed E-state index contributed by atoms with van der Waals surface area (Å²) < 4.78 is 40.6. The molecule has 0 aromatic rings. The molecule has 1 atom stereocenters. The lowest BCUT2D eigenvalue weighted by atomic mass is 10.2. The Morgan fingerprint density at radius 3 is 2.50 bits per heavy atom. The molecule has 1 unspecified atom stereocenters. The van der Waals surface area contributed by atoms with E-state index in [0.717, 1.165) is 19.3 Å². The van der Waals surface area contributed by atoms with Crippen LogP contribution in [0.2, 0.25) is 0 Å². The predicted molar refractivity (Wildman–Crippen MR) is 61.1 cm³/mol. The van der Waals surface area contributed by atoms with E-state index in [4.69, 9.17) is 0 Å². The molecule has 1 amide bonds. The smallest absolute Gasteiger partial charge is 0.359 e. The van der Waals surface area contributed by atoms with Gasteiger partial charge in [-0.05, 0) is 32.1 Å². The molecule has 1 rings (SSSR count). The standard InChI is InChI=1S/C12H20F3NO2/c1-3-6-16(7-10-4-5-10)11(17)9(2)18-8-12(13,14)15/h9-10H,3-8H2,1-2H3. The number of alkyl halides is 3. The van der Waals surface area contributed by atoms with Crippen LogP contribution in [0.15, 0.2) is 0 Å². The van der Waals surface area contributed by atoms with Crippen molar-refractivity contribution in [3.63, 3.8) is 0 Å². The zero-order valence-electron chi connectivity index (χ0n) is 10.8. The van der Waals surface area contributed by atoms with Crippen molar-refractivity contribution in [2.24, 2.45) is 5.92 Å². The number of hydrogen-bond donors (Lipinski definition) is 0. The molecule has 0 aromatic carbocycles. The van der Waals surface area contributed by atoms with Gasteiger partial charge in [-0.1, -0.05) is 6.92 Å². The maximum Gasteiger partial charge on any atom is 0.411 e. The van der Waals surface area contributed by atoms with Crippen LogP contribution in [-0.4, -0.2) is 42.8 Å². The first-order chi connectivity index (χ1) is 8.33. The highest BCUT2D eigenvalue weighted by molar-refractivity contribution is 5.80. The molecule has 18 heavy (non-hydrogen) atoms. The highest BCUT2D eigenvalue weighted by Crippen LogP contribution is 2.30. The lowest BCUT2D eigenvalue weighted by molar-refractivity contribution is -0.188.